The monoisotopic (exact) mass is 431 g/mol. The first kappa shape index (κ1) is 18.0. The number of anilines is 1. The summed E-state index contributed by atoms with van der Waals surface area (Å²) in [6, 6.07) is 5.08. The van der Waals surface area contributed by atoms with Crippen molar-refractivity contribution in [2.24, 2.45) is 0 Å². The van der Waals surface area contributed by atoms with E-state index in [-0.39, 0.29) is 15.2 Å². The Hall–Kier alpha value is -1.32. The Labute approximate surface area is 142 Å². The fourth-order valence-electron chi connectivity index (χ4n) is 1.67. The van der Waals surface area contributed by atoms with E-state index in [2.05, 4.69) is 15.9 Å². The lowest BCUT2D eigenvalue weighted by molar-refractivity contribution is -0.137. The largest absolute Gasteiger partial charge is 0.416 e. The molecule has 23 heavy (non-hydrogen) atoms. The van der Waals surface area contributed by atoms with Gasteiger partial charge in [-0.15, -0.1) is 0 Å². The van der Waals surface area contributed by atoms with Crippen molar-refractivity contribution in [3.05, 3.63) is 57.3 Å². The van der Waals surface area contributed by atoms with Crippen LogP contribution in [0.5, 0.6) is 0 Å². The molecule has 0 aliphatic heterocycles. The highest BCUT2D eigenvalue weighted by atomic mass is 79.9. The zero-order chi connectivity index (χ0) is 17.4. The zero-order valence-electron chi connectivity index (χ0n) is 11.0. The molecule has 0 aliphatic rings. The molecule has 1 N–H and O–H groups in total. The number of sulfonamides is 1. The van der Waals surface area contributed by atoms with E-state index in [0.717, 1.165) is 30.3 Å². The summed E-state index contributed by atoms with van der Waals surface area (Å²) in [4.78, 5) is -0.454. The maximum absolute atomic E-state index is 13.0. The molecule has 124 valence electrons. The van der Waals surface area contributed by atoms with Crippen LogP contribution < -0.4 is 4.72 Å². The molecule has 0 fully saturated rings. The van der Waals surface area contributed by atoms with Crippen LogP contribution in [-0.4, -0.2) is 8.42 Å². The smallest absolute Gasteiger partial charge is 0.278 e. The number of halogens is 6. The Bertz CT molecular complexity index is 856. The topological polar surface area (TPSA) is 46.2 Å². The SMILES string of the molecule is O=S(=O)(Nc1cc(C(F)(F)F)ccc1Br)c1ccc(F)cc1Cl. The highest BCUT2D eigenvalue weighted by Crippen LogP contribution is 2.35. The molecule has 2 aromatic carbocycles. The lowest BCUT2D eigenvalue weighted by Crippen LogP contribution is -2.15. The van der Waals surface area contributed by atoms with Gasteiger partial charge < -0.3 is 0 Å². The molecule has 0 unspecified atom stereocenters. The molecule has 2 rings (SSSR count). The summed E-state index contributed by atoms with van der Waals surface area (Å²) in [5.74, 6) is -0.741. The van der Waals surface area contributed by atoms with E-state index < -0.39 is 32.5 Å². The van der Waals surface area contributed by atoms with Gasteiger partial charge in [0.25, 0.3) is 10.0 Å². The summed E-state index contributed by atoms with van der Waals surface area (Å²) < 4.78 is 77.7. The van der Waals surface area contributed by atoms with E-state index in [4.69, 9.17) is 11.6 Å². The quantitative estimate of drug-likeness (QED) is 0.689. The normalized spacial score (nSPS) is 12.3. The first-order chi connectivity index (χ1) is 10.5. The summed E-state index contributed by atoms with van der Waals surface area (Å²) in [6.07, 6.45) is -4.63. The van der Waals surface area contributed by atoms with Gasteiger partial charge in [0.05, 0.1) is 16.3 Å². The van der Waals surface area contributed by atoms with E-state index in [9.17, 15) is 26.0 Å². The van der Waals surface area contributed by atoms with E-state index in [1.54, 1.807) is 0 Å². The Morgan fingerprint density at radius 1 is 1.09 bits per heavy atom. The third kappa shape index (κ3) is 4.15. The van der Waals surface area contributed by atoms with Gasteiger partial charge in [-0.25, -0.2) is 12.8 Å². The van der Waals surface area contributed by atoms with Crippen molar-refractivity contribution in [1.82, 2.24) is 0 Å². The van der Waals surface area contributed by atoms with Crippen molar-refractivity contribution in [2.75, 3.05) is 4.72 Å². The van der Waals surface area contributed by atoms with E-state index in [0.29, 0.717) is 6.07 Å². The van der Waals surface area contributed by atoms with Gasteiger partial charge in [-0.1, -0.05) is 11.6 Å². The Kier molecular flexibility index (Phi) is 4.93. The van der Waals surface area contributed by atoms with Gasteiger partial charge in [0.15, 0.2) is 0 Å². The molecule has 0 radical (unpaired) electrons. The van der Waals surface area contributed by atoms with Gasteiger partial charge in [-0.2, -0.15) is 13.2 Å². The van der Waals surface area contributed by atoms with Crippen LogP contribution in [0.3, 0.4) is 0 Å². The van der Waals surface area contributed by atoms with Crippen LogP contribution >= 0.6 is 27.5 Å². The maximum atomic E-state index is 13.0. The van der Waals surface area contributed by atoms with Gasteiger partial charge in [0, 0.05) is 4.47 Å². The number of benzene rings is 2. The fraction of sp³-hybridized carbons (Fsp3) is 0.0769. The number of hydrogen-bond acceptors (Lipinski definition) is 2. The fourth-order valence-corrected chi connectivity index (χ4v) is 3.75. The summed E-state index contributed by atoms with van der Waals surface area (Å²) in [6.45, 7) is 0. The highest BCUT2D eigenvalue weighted by molar-refractivity contribution is 9.10. The zero-order valence-corrected chi connectivity index (χ0v) is 14.1. The predicted molar refractivity (Wildman–Crippen MR) is 81.4 cm³/mol. The second-order valence-electron chi connectivity index (χ2n) is 4.37. The first-order valence-electron chi connectivity index (χ1n) is 5.85. The molecular formula is C13H7BrClF4NO2S. The Morgan fingerprint density at radius 3 is 2.30 bits per heavy atom. The van der Waals surface area contributed by atoms with Crippen LogP contribution in [0.4, 0.5) is 23.2 Å². The van der Waals surface area contributed by atoms with Crippen LogP contribution in [0, 0.1) is 5.82 Å². The van der Waals surface area contributed by atoms with Gasteiger partial charge in [0.1, 0.15) is 10.7 Å². The average Bonchev–Trinajstić information content (AvgIpc) is 2.39. The summed E-state index contributed by atoms with van der Waals surface area (Å²) in [7, 11) is -4.29. The van der Waals surface area contributed by atoms with E-state index in [1.807, 2.05) is 4.72 Å². The van der Waals surface area contributed by atoms with E-state index >= 15 is 0 Å². The molecule has 0 amide bonds. The van der Waals surface area contributed by atoms with Crippen LogP contribution in [0.2, 0.25) is 5.02 Å². The minimum atomic E-state index is -4.63. The van der Waals surface area contributed by atoms with Crippen molar-refractivity contribution in [2.45, 2.75) is 11.1 Å². The van der Waals surface area contributed by atoms with Crippen molar-refractivity contribution < 1.29 is 26.0 Å². The van der Waals surface area contributed by atoms with Gasteiger partial charge >= 0.3 is 6.18 Å². The molecule has 0 saturated heterocycles. The Balaban J connectivity index is 2.45. The number of hydrogen-bond donors (Lipinski definition) is 1. The number of alkyl halides is 3. The molecule has 10 heteroatoms. The molecule has 0 heterocycles. The lowest BCUT2D eigenvalue weighted by atomic mass is 10.2. The molecule has 2 aromatic rings. The lowest BCUT2D eigenvalue weighted by Gasteiger charge is -2.13. The van der Waals surface area contributed by atoms with Gasteiger partial charge in [0.2, 0.25) is 0 Å². The minimum Gasteiger partial charge on any atom is -0.278 e. The van der Waals surface area contributed by atoms with Gasteiger partial charge in [-0.05, 0) is 52.3 Å². The molecular weight excluding hydrogens is 426 g/mol. The van der Waals surface area contributed by atoms with E-state index in [1.165, 1.54) is 0 Å². The number of nitrogens with one attached hydrogen (secondary N) is 1. The van der Waals surface area contributed by atoms with Crippen LogP contribution in [-0.2, 0) is 16.2 Å². The second kappa shape index (κ2) is 6.29. The first-order valence-corrected chi connectivity index (χ1v) is 8.51. The maximum Gasteiger partial charge on any atom is 0.416 e. The minimum absolute atomic E-state index is 0.104. The van der Waals surface area contributed by atoms with Crippen molar-refractivity contribution in [1.29, 1.82) is 0 Å². The summed E-state index contributed by atoms with van der Waals surface area (Å²) >= 11 is 8.64. The molecule has 3 nitrogen and oxygen atoms in total. The van der Waals surface area contributed by atoms with Crippen molar-refractivity contribution in [3.8, 4) is 0 Å². The third-order valence-electron chi connectivity index (χ3n) is 2.72. The summed E-state index contributed by atoms with van der Waals surface area (Å²) in [5, 5.41) is -0.388. The Morgan fingerprint density at radius 2 is 1.74 bits per heavy atom. The summed E-state index contributed by atoms with van der Waals surface area (Å²) in [5.41, 5.74) is -1.34. The molecule has 0 bridgehead atoms. The van der Waals surface area contributed by atoms with Crippen LogP contribution in [0.15, 0.2) is 45.8 Å². The van der Waals surface area contributed by atoms with Crippen LogP contribution in [0.25, 0.3) is 0 Å². The van der Waals surface area contributed by atoms with Crippen molar-refractivity contribution in [3.63, 3.8) is 0 Å². The van der Waals surface area contributed by atoms with Crippen LogP contribution in [0.1, 0.15) is 5.56 Å². The molecule has 0 saturated carbocycles. The molecule has 0 aliphatic carbocycles. The molecule has 0 spiro atoms. The van der Waals surface area contributed by atoms with Gasteiger partial charge in [-0.3, -0.25) is 4.72 Å². The highest BCUT2D eigenvalue weighted by Gasteiger charge is 2.31. The third-order valence-corrected chi connectivity index (χ3v) is 5.26. The second-order valence-corrected chi connectivity index (χ2v) is 7.28. The predicted octanol–water partition coefficient (Wildman–Crippen LogP) is 5.06. The van der Waals surface area contributed by atoms with Crippen molar-refractivity contribution >= 4 is 43.2 Å². The standard InChI is InChI=1S/C13H7BrClF4NO2S/c14-9-3-1-7(13(17,18)19)5-11(9)20-23(21,22)12-4-2-8(16)6-10(12)15/h1-6,20H. The number of rotatable bonds is 3. The molecule has 0 aromatic heterocycles. The molecule has 0 atom stereocenters. The average molecular weight is 433 g/mol.